The van der Waals surface area contributed by atoms with Crippen molar-refractivity contribution in [1.82, 2.24) is 0 Å². The first-order valence-corrected chi connectivity index (χ1v) is 19.5. The molecule has 0 aromatic carbocycles. The molecule has 0 unspecified atom stereocenters. The van der Waals surface area contributed by atoms with Gasteiger partial charge in [-0.2, -0.15) is 0 Å². The van der Waals surface area contributed by atoms with Crippen LogP contribution in [0.15, 0.2) is 72.9 Å². The molecule has 0 heterocycles. The van der Waals surface area contributed by atoms with Gasteiger partial charge in [0.25, 0.3) is 0 Å². The van der Waals surface area contributed by atoms with E-state index < -0.39 is 5.97 Å². The van der Waals surface area contributed by atoms with Crippen molar-refractivity contribution in [3.63, 3.8) is 0 Å². The van der Waals surface area contributed by atoms with E-state index in [9.17, 15) is 14.4 Å². The minimum Gasteiger partial charge on any atom is -0.466 e. The first kappa shape index (κ1) is 45.9. The lowest BCUT2D eigenvalue weighted by molar-refractivity contribution is -0.151. The highest BCUT2D eigenvalue weighted by molar-refractivity contribution is 5.77. The third-order valence-corrected chi connectivity index (χ3v) is 7.67. The van der Waals surface area contributed by atoms with Crippen LogP contribution in [0.4, 0.5) is 0 Å². The summed E-state index contributed by atoms with van der Waals surface area (Å²) in [5.74, 6) is -1.04. The summed E-state index contributed by atoms with van der Waals surface area (Å²) in [6.07, 6.45) is 48.1. The standard InChI is InChI=1S/C43H70O6/c1-3-5-7-9-11-13-15-17-19-21-23-25-27-29-31-33-38-47-42(45)36-37-43(46)49-40-34-39-48-41(44)35-32-30-28-26-24-22-20-18-16-14-12-10-8-6-4-2/h11-14,17-20,23-26H,3-10,15-16,21-22,27-40H2,1-2H3/b13-11-,14-12-,19-17-,20-18-,25-23-,26-24-. The zero-order valence-corrected chi connectivity index (χ0v) is 31.3. The highest BCUT2D eigenvalue weighted by Crippen LogP contribution is 2.06. The van der Waals surface area contributed by atoms with E-state index in [0.717, 1.165) is 70.6 Å². The van der Waals surface area contributed by atoms with Gasteiger partial charge in [0.05, 0.1) is 32.7 Å². The first-order valence-electron chi connectivity index (χ1n) is 19.5. The van der Waals surface area contributed by atoms with Crippen molar-refractivity contribution < 1.29 is 28.6 Å². The minimum atomic E-state index is -0.443. The van der Waals surface area contributed by atoms with E-state index in [2.05, 4.69) is 86.8 Å². The van der Waals surface area contributed by atoms with Crippen molar-refractivity contribution in [2.45, 2.75) is 162 Å². The molecule has 0 aromatic heterocycles. The van der Waals surface area contributed by atoms with Gasteiger partial charge in [0.15, 0.2) is 0 Å². The van der Waals surface area contributed by atoms with E-state index in [-0.39, 0.29) is 38.0 Å². The van der Waals surface area contributed by atoms with Crippen molar-refractivity contribution in [2.75, 3.05) is 19.8 Å². The molecule has 0 rings (SSSR count). The van der Waals surface area contributed by atoms with Gasteiger partial charge in [-0.3, -0.25) is 14.4 Å². The highest BCUT2D eigenvalue weighted by Gasteiger charge is 2.09. The van der Waals surface area contributed by atoms with Crippen LogP contribution in [0.2, 0.25) is 0 Å². The third kappa shape index (κ3) is 39.2. The average Bonchev–Trinajstić information content (AvgIpc) is 3.10. The van der Waals surface area contributed by atoms with Gasteiger partial charge in [-0.05, 0) is 96.3 Å². The summed E-state index contributed by atoms with van der Waals surface area (Å²) in [5, 5.41) is 0. The van der Waals surface area contributed by atoms with E-state index in [1.54, 1.807) is 0 Å². The van der Waals surface area contributed by atoms with Crippen LogP contribution in [0.1, 0.15) is 162 Å². The zero-order chi connectivity index (χ0) is 35.7. The molecule has 49 heavy (non-hydrogen) atoms. The Morgan fingerprint density at radius 3 is 1.08 bits per heavy atom. The summed E-state index contributed by atoms with van der Waals surface area (Å²) in [5.41, 5.74) is 0. The lowest BCUT2D eigenvalue weighted by Crippen LogP contribution is -2.13. The summed E-state index contributed by atoms with van der Waals surface area (Å²) >= 11 is 0. The Kier molecular flexibility index (Phi) is 36.8. The second-order valence-electron chi connectivity index (χ2n) is 12.4. The predicted octanol–water partition coefficient (Wildman–Crippen LogP) is 12.0. The zero-order valence-electron chi connectivity index (χ0n) is 31.3. The normalized spacial score (nSPS) is 12.1. The number of esters is 3. The van der Waals surface area contributed by atoms with Crippen molar-refractivity contribution in [3.05, 3.63) is 72.9 Å². The van der Waals surface area contributed by atoms with Crippen LogP contribution in [0.3, 0.4) is 0 Å². The number of carbonyl (C=O) groups is 3. The maximum Gasteiger partial charge on any atom is 0.306 e. The number of hydrogen-bond acceptors (Lipinski definition) is 6. The summed E-state index contributed by atoms with van der Waals surface area (Å²) in [6.45, 7) is 5.22. The van der Waals surface area contributed by atoms with Crippen LogP contribution in [0.25, 0.3) is 0 Å². The van der Waals surface area contributed by atoms with Gasteiger partial charge in [-0.25, -0.2) is 0 Å². The average molecular weight is 683 g/mol. The summed E-state index contributed by atoms with van der Waals surface area (Å²) in [6, 6.07) is 0. The van der Waals surface area contributed by atoms with Gasteiger partial charge < -0.3 is 14.2 Å². The number of hydrogen-bond donors (Lipinski definition) is 0. The van der Waals surface area contributed by atoms with E-state index in [0.29, 0.717) is 19.4 Å². The molecule has 0 bridgehead atoms. The topological polar surface area (TPSA) is 78.9 Å². The molecule has 0 fully saturated rings. The van der Waals surface area contributed by atoms with Gasteiger partial charge >= 0.3 is 17.9 Å². The Bertz CT molecular complexity index is 955. The molecule has 0 atom stereocenters. The highest BCUT2D eigenvalue weighted by atomic mass is 16.5. The van der Waals surface area contributed by atoms with Gasteiger partial charge in [-0.1, -0.05) is 112 Å². The molecule has 0 spiro atoms. The van der Waals surface area contributed by atoms with E-state index in [1.165, 1.54) is 51.4 Å². The SMILES string of the molecule is CCCCC/C=C\C/C=C\C/C=C\CCCCCOC(=O)CCC(=O)OCCCOC(=O)CCCC/C=C\C/C=C\C/C=C\CCCCC. The number of rotatable bonds is 34. The van der Waals surface area contributed by atoms with Gasteiger partial charge in [-0.15, -0.1) is 0 Å². The van der Waals surface area contributed by atoms with Crippen molar-refractivity contribution in [3.8, 4) is 0 Å². The Labute approximate surface area is 300 Å². The summed E-state index contributed by atoms with van der Waals surface area (Å²) in [4.78, 5) is 35.7. The van der Waals surface area contributed by atoms with Gasteiger partial charge in [0, 0.05) is 12.8 Å². The first-order chi connectivity index (χ1) is 24.1. The van der Waals surface area contributed by atoms with E-state index >= 15 is 0 Å². The Morgan fingerprint density at radius 2 is 0.673 bits per heavy atom. The quantitative estimate of drug-likeness (QED) is 0.0291. The molecule has 0 aliphatic heterocycles. The molecule has 0 amide bonds. The fourth-order valence-electron chi connectivity index (χ4n) is 4.69. The molecule has 6 nitrogen and oxygen atoms in total. The molecule has 0 radical (unpaired) electrons. The van der Waals surface area contributed by atoms with Crippen LogP contribution in [0.5, 0.6) is 0 Å². The molecular weight excluding hydrogens is 612 g/mol. The predicted molar refractivity (Wildman–Crippen MR) is 205 cm³/mol. The molecule has 278 valence electrons. The Balaban J connectivity index is 3.54. The lowest BCUT2D eigenvalue weighted by Gasteiger charge is -2.07. The molecule has 0 N–H and O–H groups in total. The van der Waals surface area contributed by atoms with Crippen LogP contribution >= 0.6 is 0 Å². The van der Waals surface area contributed by atoms with Crippen molar-refractivity contribution in [2.24, 2.45) is 0 Å². The summed E-state index contributed by atoms with van der Waals surface area (Å²) in [7, 11) is 0. The fourth-order valence-corrected chi connectivity index (χ4v) is 4.69. The van der Waals surface area contributed by atoms with Crippen LogP contribution in [-0.4, -0.2) is 37.7 Å². The molecule has 0 aliphatic rings. The van der Waals surface area contributed by atoms with E-state index in [4.69, 9.17) is 14.2 Å². The molecular formula is C43H70O6. The monoisotopic (exact) mass is 683 g/mol. The minimum absolute atomic E-state index is 0.00558. The second kappa shape index (κ2) is 39.3. The molecule has 0 saturated heterocycles. The van der Waals surface area contributed by atoms with Crippen LogP contribution in [-0.2, 0) is 28.6 Å². The molecule has 0 aromatic rings. The molecule has 0 saturated carbocycles. The maximum atomic E-state index is 11.9. The lowest BCUT2D eigenvalue weighted by atomic mass is 10.1. The fraction of sp³-hybridized carbons (Fsp3) is 0.651. The molecule has 0 aliphatic carbocycles. The van der Waals surface area contributed by atoms with Gasteiger partial charge in [0.1, 0.15) is 0 Å². The smallest absolute Gasteiger partial charge is 0.306 e. The number of unbranched alkanes of at least 4 members (excludes halogenated alkanes) is 11. The van der Waals surface area contributed by atoms with Crippen molar-refractivity contribution >= 4 is 17.9 Å². The number of allylic oxidation sites excluding steroid dienone is 12. The number of carbonyl (C=O) groups excluding carboxylic acids is 3. The third-order valence-electron chi connectivity index (χ3n) is 7.67. The largest absolute Gasteiger partial charge is 0.466 e. The Morgan fingerprint density at radius 1 is 0.347 bits per heavy atom. The van der Waals surface area contributed by atoms with E-state index in [1.807, 2.05) is 0 Å². The van der Waals surface area contributed by atoms with Gasteiger partial charge in [0.2, 0.25) is 0 Å². The molecule has 6 heteroatoms. The summed E-state index contributed by atoms with van der Waals surface area (Å²) < 4.78 is 15.6. The van der Waals surface area contributed by atoms with Crippen LogP contribution in [0, 0.1) is 0 Å². The van der Waals surface area contributed by atoms with Crippen LogP contribution < -0.4 is 0 Å². The van der Waals surface area contributed by atoms with Crippen molar-refractivity contribution in [1.29, 1.82) is 0 Å². The second-order valence-corrected chi connectivity index (χ2v) is 12.4. The Hall–Kier alpha value is -3.15. The number of ether oxygens (including phenoxy) is 3. The maximum absolute atomic E-state index is 11.9.